The van der Waals surface area contributed by atoms with Gasteiger partial charge in [0.1, 0.15) is 13.7 Å². The molecule has 2 N–H and O–H groups in total. The largest absolute Gasteiger partial charge is 0.444 e. The van der Waals surface area contributed by atoms with E-state index in [1.807, 2.05) is 45.9 Å². The third-order valence-electron chi connectivity index (χ3n) is 4.35. The minimum atomic E-state index is -1.92. The van der Waals surface area contributed by atoms with Crippen molar-refractivity contribution in [3.63, 3.8) is 0 Å². The maximum absolute atomic E-state index is 12.0. The molecule has 0 aliphatic heterocycles. The Hall–Kier alpha value is -1.59. The van der Waals surface area contributed by atoms with Crippen molar-refractivity contribution in [2.24, 2.45) is 5.92 Å². The Labute approximate surface area is 146 Å². The number of carbonyl (C=O) groups is 1. The Morgan fingerprint density at radius 2 is 1.83 bits per heavy atom. The number of amides is 1. The lowest BCUT2D eigenvalue weighted by Crippen LogP contribution is -2.51. The van der Waals surface area contributed by atoms with Crippen molar-refractivity contribution < 1.29 is 14.6 Å². The first kappa shape index (κ1) is 20.5. The average Bonchev–Trinajstić information content (AvgIpc) is 2.50. The molecule has 1 aromatic rings. The third-order valence-corrected chi connectivity index (χ3v) is 8.19. The van der Waals surface area contributed by atoms with Gasteiger partial charge >= 0.3 is 6.09 Å². The molecule has 0 radical (unpaired) electrons. The van der Waals surface area contributed by atoms with Crippen LogP contribution in [0.4, 0.5) is 4.79 Å². The van der Waals surface area contributed by atoms with E-state index < -0.39 is 25.8 Å². The molecule has 1 rings (SSSR count). The fraction of sp³-hybridized carbons (Fsp3) is 0.526. The number of aliphatic hydroxyl groups excluding tert-OH is 1. The molecule has 0 saturated heterocycles. The Bertz CT molecular complexity index is 564. The molecule has 1 amide bonds. The number of aliphatic hydroxyl groups is 1. The summed E-state index contributed by atoms with van der Waals surface area (Å²) < 4.78 is 5.29. The zero-order valence-electron chi connectivity index (χ0n) is 15.7. The summed E-state index contributed by atoms with van der Waals surface area (Å²) in [5.74, 6) is -0.0515. The van der Waals surface area contributed by atoms with Crippen LogP contribution in [0.5, 0.6) is 0 Å². The highest BCUT2D eigenvalue weighted by molar-refractivity contribution is 6.95. The van der Waals surface area contributed by atoms with Gasteiger partial charge in [-0.1, -0.05) is 60.7 Å². The molecule has 0 unspecified atom stereocenters. The molecule has 0 aliphatic carbocycles. The maximum Gasteiger partial charge on any atom is 0.407 e. The summed E-state index contributed by atoms with van der Waals surface area (Å²) in [7, 11) is -1.92. The predicted molar refractivity (Wildman–Crippen MR) is 102 cm³/mol. The van der Waals surface area contributed by atoms with Gasteiger partial charge in [-0.25, -0.2) is 4.79 Å². The van der Waals surface area contributed by atoms with Gasteiger partial charge in [0.15, 0.2) is 0 Å². The Morgan fingerprint density at radius 3 is 2.29 bits per heavy atom. The van der Waals surface area contributed by atoms with E-state index in [-0.39, 0.29) is 12.5 Å². The molecule has 0 aromatic heterocycles. The smallest absolute Gasteiger partial charge is 0.407 e. The molecule has 0 saturated carbocycles. The molecular formula is C19H31NO3Si. The molecule has 2 atom stereocenters. The van der Waals surface area contributed by atoms with Gasteiger partial charge in [0.05, 0.1) is 12.6 Å². The highest BCUT2D eigenvalue weighted by Gasteiger charge is 2.34. The fourth-order valence-electron chi connectivity index (χ4n) is 2.64. The average molecular weight is 350 g/mol. The molecule has 0 bridgehead atoms. The van der Waals surface area contributed by atoms with Crippen molar-refractivity contribution in [3.05, 3.63) is 42.1 Å². The summed E-state index contributed by atoms with van der Waals surface area (Å²) in [5, 5.41) is 14.9. The van der Waals surface area contributed by atoms with E-state index in [1.54, 1.807) is 0 Å². The quantitative estimate of drug-likeness (QED) is 0.775. The van der Waals surface area contributed by atoms with Crippen LogP contribution in [0.1, 0.15) is 27.7 Å². The van der Waals surface area contributed by atoms with Gasteiger partial charge in [-0.15, -0.1) is 6.58 Å². The zero-order valence-corrected chi connectivity index (χ0v) is 16.7. The molecule has 4 nitrogen and oxygen atoms in total. The number of hydrogen-bond acceptors (Lipinski definition) is 3. The second-order valence-electron chi connectivity index (χ2n) is 7.74. The van der Waals surface area contributed by atoms with E-state index in [0.717, 1.165) is 5.20 Å². The summed E-state index contributed by atoms with van der Waals surface area (Å²) in [6.45, 7) is 16.1. The van der Waals surface area contributed by atoms with Crippen molar-refractivity contribution in [2.75, 3.05) is 6.61 Å². The van der Waals surface area contributed by atoms with E-state index in [1.165, 1.54) is 5.19 Å². The number of alkyl carbamates (subject to hydrolysis) is 1. The second kappa shape index (κ2) is 7.99. The first-order chi connectivity index (χ1) is 11.0. The van der Waals surface area contributed by atoms with E-state index in [2.05, 4.69) is 37.1 Å². The number of hydrogen-bond donors (Lipinski definition) is 2. The summed E-state index contributed by atoms with van der Waals surface area (Å²) in [6, 6.07) is 9.90. The highest BCUT2D eigenvalue weighted by atomic mass is 28.3. The van der Waals surface area contributed by atoms with Gasteiger partial charge in [-0.05, 0) is 26.7 Å². The molecule has 24 heavy (non-hydrogen) atoms. The third kappa shape index (κ3) is 5.49. The molecule has 0 heterocycles. The predicted octanol–water partition coefficient (Wildman–Crippen LogP) is 3.22. The van der Waals surface area contributed by atoms with Crippen molar-refractivity contribution >= 4 is 19.4 Å². The Morgan fingerprint density at radius 1 is 1.29 bits per heavy atom. The lowest BCUT2D eigenvalue weighted by molar-refractivity contribution is 0.0467. The van der Waals surface area contributed by atoms with Crippen molar-refractivity contribution in [2.45, 2.75) is 52.4 Å². The number of benzene rings is 1. The number of ether oxygens (including phenoxy) is 1. The minimum absolute atomic E-state index is 0.0515. The first-order valence-corrected chi connectivity index (χ1v) is 11.3. The highest BCUT2D eigenvalue weighted by Crippen LogP contribution is 2.24. The first-order valence-electron chi connectivity index (χ1n) is 8.34. The SMILES string of the molecule is C=C([C@H](C)[C@@H](CO)NC(=O)OC(C)(C)C)[Si](C)(C)c1ccccc1. The van der Waals surface area contributed by atoms with Crippen LogP contribution in [0.15, 0.2) is 42.1 Å². The second-order valence-corrected chi connectivity index (χ2v) is 12.2. The van der Waals surface area contributed by atoms with Gasteiger partial charge in [0.2, 0.25) is 0 Å². The van der Waals surface area contributed by atoms with Gasteiger partial charge in [-0.3, -0.25) is 0 Å². The summed E-state index contributed by atoms with van der Waals surface area (Å²) in [5.41, 5.74) is -0.567. The lowest BCUT2D eigenvalue weighted by Gasteiger charge is -2.34. The maximum atomic E-state index is 12.0. The molecule has 0 aliphatic rings. The molecule has 5 heteroatoms. The van der Waals surface area contributed by atoms with Crippen molar-refractivity contribution in [3.8, 4) is 0 Å². The van der Waals surface area contributed by atoms with Crippen LogP contribution in [0.2, 0.25) is 13.1 Å². The number of carbonyl (C=O) groups excluding carboxylic acids is 1. The van der Waals surface area contributed by atoms with Crippen LogP contribution >= 0.6 is 0 Å². The lowest BCUT2D eigenvalue weighted by atomic mass is 10.0. The van der Waals surface area contributed by atoms with E-state index in [4.69, 9.17) is 4.74 Å². The van der Waals surface area contributed by atoms with Gasteiger partial charge < -0.3 is 15.2 Å². The van der Waals surface area contributed by atoms with E-state index in [0.29, 0.717) is 0 Å². The molecule has 0 fully saturated rings. The molecule has 1 aromatic carbocycles. The summed E-state index contributed by atoms with van der Waals surface area (Å²) in [6.07, 6.45) is -0.514. The van der Waals surface area contributed by atoms with Crippen LogP contribution in [0, 0.1) is 5.92 Å². The molecule has 134 valence electrons. The molecular weight excluding hydrogens is 318 g/mol. The van der Waals surface area contributed by atoms with E-state index in [9.17, 15) is 9.90 Å². The summed E-state index contributed by atoms with van der Waals surface area (Å²) in [4.78, 5) is 12.0. The van der Waals surface area contributed by atoms with Gasteiger partial charge in [0.25, 0.3) is 0 Å². The van der Waals surface area contributed by atoms with Crippen LogP contribution in [-0.2, 0) is 4.74 Å². The normalized spacial score (nSPS) is 14.6. The van der Waals surface area contributed by atoms with Crippen molar-refractivity contribution in [1.29, 1.82) is 0 Å². The minimum Gasteiger partial charge on any atom is -0.444 e. The van der Waals surface area contributed by atoms with Crippen LogP contribution < -0.4 is 10.5 Å². The Kier molecular flexibility index (Phi) is 6.81. The van der Waals surface area contributed by atoms with Crippen LogP contribution in [0.25, 0.3) is 0 Å². The standard InChI is InChI=1S/C19H31NO3Si/c1-14(17(13-21)20-18(22)23-19(3,4)5)15(2)24(6,7)16-11-9-8-10-12-16/h8-12,14,17,21H,2,13H2,1,3-7H3,(H,20,22)/t14-,17+/m0/s1. The fourth-order valence-corrected chi connectivity index (χ4v) is 5.38. The van der Waals surface area contributed by atoms with Gasteiger partial charge in [-0.2, -0.15) is 0 Å². The monoisotopic (exact) mass is 349 g/mol. The van der Waals surface area contributed by atoms with Crippen LogP contribution in [0.3, 0.4) is 0 Å². The van der Waals surface area contributed by atoms with Gasteiger partial charge in [0, 0.05) is 0 Å². The van der Waals surface area contributed by atoms with E-state index >= 15 is 0 Å². The van der Waals surface area contributed by atoms with Crippen molar-refractivity contribution in [1.82, 2.24) is 5.32 Å². The number of rotatable bonds is 6. The number of nitrogens with one attached hydrogen (secondary N) is 1. The summed E-state index contributed by atoms with van der Waals surface area (Å²) >= 11 is 0. The Balaban J connectivity index is 2.87. The topological polar surface area (TPSA) is 58.6 Å². The molecule has 0 spiro atoms. The van der Waals surface area contributed by atoms with Crippen LogP contribution in [-0.4, -0.2) is 37.5 Å². The zero-order chi connectivity index (χ0) is 18.5.